The number of ether oxygens (including phenoxy) is 1. The molecule has 0 heterocycles. The zero-order valence-electron chi connectivity index (χ0n) is 12.2. The van der Waals surface area contributed by atoms with Gasteiger partial charge in [-0.3, -0.25) is 0 Å². The molecule has 0 aliphatic rings. The lowest BCUT2D eigenvalue weighted by Gasteiger charge is -2.50. The first-order valence-electron chi connectivity index (χ1n) is 6.01. The van der Waals surface area contributed by atoms with E-state index in [9.17, 15) is 4.79 Å². The minimum atomic E-state index is -0.604. The van der Waals surface area contributed by atoms with Crippen LogP contribution in [0.2, 0.25) is 0 Å². The number of esters is 1. The Morgan fingerprint density at radius 3 is 2.00 bits per heavy atom. The van der Waals surface area contributed by atoms with Crippen molar-refractivity contribution in [1.82, 2.24) is 0 Å². The van der Waals surface area contributed by atoms with E-state index in [1.54, 1.807) is 0 Å². The zero-order chi connectivity index (χ0) is 13.9. The maximum absolute atomic E-state index is 11.4. The van der Waals surface area contributed by atoms with Crippen LogP contribution in [0, 0.1) is 5.41 Å². The van der Waals surface area contributed by atoms with Crippen LogP contribution in [0.3, 0.4) is 0 Å². The fourth-order valence-corrected chi connectivity index (χ4v) is 4.93. The van der Waals surface area contributed by atoms with E-state index >= 15 is 0 Å². The molecule has 0 radical (unpaired) electrons. The summed E-state index contributed by atoms with van der Waals surface area (Å²) in [6.07, 6.45) is 1.20. The first-order chi connectivity index (χ1) is 7.52. The van der Waals surface area contributed by atoms with Crippen LogP contribution in [0.4, 0.5) is 0 Å². The topological polar surface area (TPSA) is 35.5 Å². The number of rotatable bonds is 6. The Hall–Kier alpha value is -0.396. The molecule has 0 bridgehead atoms. The van der Waals surface area contributed by atoms with E-state index in [1.165, 1.54) is 6.08 Å². The van der Waals surface area contributed by atoms with Crippen LogP contribution in [-0.4, -0.2) is 36.2 Å². The summed E-state index contributed by atoms with van der Waals surface area (Å²) in [5.74, 6) is -0.387. The smallest absolute Gasteiger partial charge is 0.330 e. The standard InChI is InChI=1S/C12H26O3Si2/c1-8-9(13)14-11(4,5)10(2,3)12(6,7)15-17-16/h8H,1,17H2,2-7,16H3. The SMILES string of the molecule is C=CC(=O)OC(C)(C)C(C)(C)C(C)(C)O[SiH2][SiH3]. The van der Waals surface area contributed by atoms with Crippen molar-refractivity contribution in [3.8, 4) is 0 Å². The maximum Gasteiger partial charge on any atom is 0.330 e. The van der Waals surface area contributed by atoms with Crippen LogP contribution < -0.4 is 0 Å². The molecule has 0 aromatic carbocycles. The first kappa shape index (κ1) is 16.6. The molecule has 0 unspecified atom stereocenters. The number of carbonyl (C=O) groups is 1. The lowest BCUT2D eigenvalue weighted by molar-refractivity contribution is -0.181. The first-order valence-corrected chi connectivity index (χ1v) is 12.2. The van der Waals surface area contributed by atoms with Crippen molar-refractivity contribution in [2.24, 2.45) is 5.41 Å². The minimum absolute atomic E-state index is 0.282. The molecule has 0 rings (SSSR count). The second-order valence-corrected chi connectivity index (χ2v) is 8.30. The number of carbonyl (C=O) groups excluding carboxylic acids is 1. The Morgan fingerprint density at radius 1 is 1.18 bits per heavy atom. The molecule has 5 heteroatoms. The van der Waals surface area contributed by atoms with Crippen LogP contribution in [-0.2, 0) is 14.0 Å². The Labute approximate surface area is 110 Å². The quantitative estimate of drug-likeness (QED) is 0.406. The zero-order valence-corrected chi connectivity index (χ0v) is 15.6. The summed E-state index contributed by atoms with van der Waals surface area (Å²) in [6.45, 7) is 15.6. The van der Waals surface area contributed by atoms with Gasteiger partial charge in [-0.25, -0.2) is 4.79 Å². The van der Waals surface area contributed by atoms with E-state index < -0.39 is 5.60 Å². The van der Waals surface area contributed by atoms with Crippen molar-refractivity contribution < 1.29 is 14.0 Å². The molecule has 3 nitrogen and oxygen atoms in total. The van der Waals surface area contributed by atoms with E-state index in [-0.39, 0.29) is 26.3 Å². The normalized spacial score (nSPS) is 14.2. The largest absolute Gasteiger partial charge is 0.456 e. The van der Waals surface area contributed by atoms with Crippen LogP contribution in [0.25, 0.3) is 0 Å². The van der Waals surface area contributed by atoms with Gasteiger partial charge < -0.3 is 9.16 Å². The summed E-state index contributed by atoms with van der Waals surface area (Å²) in [5, 5.41) is 0. The molecule has 0 saturated heterocycles. The molecule has 0 amide bonds. The Kier molecular flexibility index (Phi) is 5.37. The highest BCUT2D eigenvalue weighted by Gasteiger charge is 2.50. The Balaban J connectivity index is 5.13. The molecule has 17 heavy (non-hydrogen) atoms. The molecule has 100 valence electrons. The second-order valence-electron chi connectivity index (χ2n) is 5.70. The average Bonchev–Trinajstić information content (AvgIpc) is 2.16. The van der Waals surface area contributed by atoms with Crippen molar-refractivity contribution in [1.29, 1.82) is 0 Å². The number of hydrogen-bond acceptors (Lipinski definition) is 3. The third-order valence-corrected chi connectivity index (χ3v) is 5.91. The monoisotopic (exact) mass is 274 g/mol. The van der Waals surface area contributed by atoms with Gasteiger partial charge in [0.05, 0.1) is 5.60 Å². The van der Waals surface area contributed by atoms with Gasteiger partial charge in [-0.1, -0.05) is 20.4 Å². The molecular formula is C12H26O3Si2. The van der Waals surface area contributed by atoms with Gasteiger partial charge in [0.15, 0.2) is 0 Å². The summed E-state index contributed by atoms with van der Waals surface area (Å²) in [5.41, 5.74) is -1.19. The number of hydrogen-bond donors (Lipinski definition) is 0. The fourth-order valence-electron chi connectivity index (χ4n) is 1.69. The molecule has 0 aliphatic carbocycles. The Morgan fingerprint density at radius 2 is 1.65 bits per heavy atom. The highest BCUT2D eigenvalue weighted by Crippen LogP contribution is 2.44. The molecule has 0 N–H and O–H groups in total. The average molecular weight is 275 g/mol. The predicted octanol–water partition coefficient (Wildman–Crippen LogP) is 0.680. The van der Waals surface area contributed by atoms with E-state index in [2.05, 4.69) is 34.3 Å². The van der Waals surface area contributed by atoms with Crippen molar-refractivity contribution in [2.45, 2.75) is 52.7 Å². The summed E-state index contributed by atoms with van der Waals surface area (Å²) >= 11 is 0. The van der Waals surface area contributed by atoms with Gasteiger partial charge in [0.1, 0.15) is 14.9 Å². The van der Waals surface area contributed by atoms with Gasteiger partial charge in [-0.2, -0.15) is 0 Å². The van der Waals surface area contributed by atoms with Crippen LogP contribution >= 0.6 is 0 Å². The third-order valence-electron chi connectivity index (χ3n) is 4.04. The van der Waals surface area contributed by atoms with E-state index in [1.807, 2.05) is 13.8 Å². The van der Waals surface area contributed by atoms with Crippen molar-refractivity contribution in [2.75, 3.05) is 0 Å². The van der Waals surface area contributed by atoms with E-state index in [4.69, 9.17) is 9.16 Å². The molecule has 0 fully saturated rings. The van der Waals surface area contributed by atoms with E-state index in [0.717, 1.165) is 9.76 Å². The van der Waals surface area contributed by atoms with Gasteiger partial charge in [0.25, 0.3) is 0 Å². The van der Waals surface area contributed by atoms with E-state index in [0.29, 0.717) is 0 Å². The van der Waals surface area contributed by atoms with Crippen LogP contribution in [0.1, 0.15) is 41.5 Å². The second kappa shape index (κ2) is 5.50. The minimum Gasteiger partial charge on any atom is -0.456 e. The fraction of sp³-hybridized carbons (Fsp3) is 0.750. The van der Waals surface area contributed by atoms with Crippen molar-refractivity contribution in [3.63, 3.8) is 0 Å². The lowest BCUT2D eigenvalue weighted by atomic mass is 9.66. The van der Waals surface area contributed by atoms with Crippen LogP contribution in [0.5, 0.6) is 0 Å². The van der Waals surface area contributed by atoms with Gasteiger partial charge in [0, 0.05) is 21.3 Å². The lowest BCUT2D eigenvalue weighted by Crippen LogP contribution is -2.56. The highest BCUT2D eigenvalue weighted by molar-refractivity contribution is 6.85. The molecule has 0 aromatic heterocycles. The van der Waals surface area contributed by atoms with Gasteiger partial charge in [-0.15, -0.1) is 0 Å². The van der Waals surface area contributed by atoms with Crippen LogP contribution in [0.15, 0.2) is 12.7 Å². The maximum atomic E-state index is 11.4. The van der Waals surface area contributed by atoms with Crippen molar-refractivity contribution >= 4 is 25.0 Å². The van der Waals surface area contributed by atoms with Crippen molar-refractivity contribution in [3.05, 3.63) is 12.7 Å². The van der Waals surface area contributed by atoms with Gasteiger partial charge >= 0.3 is 5.97 Å². The molecule has 0 atom stereocenters. The molecule has 0 saturated carbocycles. The Bertz CT molecular complexity index is 296. The highest BCUT2D eigenvalue weighted by atomic mass is 29.1. The summed E-state index contributed by atoms with van der Waals surface area (Å²) in [4.78, 5) is 11.4. The third kappa shape index (κ3) is 3.53. The summed E-state index contributed by atoms with van der Waals surface area (Å²) < 4.78 is 11.5. The van der Waals surface area contributed by atoms with Gasteiger partial charge in [0.2, 0.25) is 0 Å². The molecular weight excluding hydrogens is 248 g/mol. The summed E-state index contributed by atoms with van der Waals surface area (Å²) in [6, 6.07) is 0. The molecule has 0 aromatic rings. The molecule has 0 spiro atoms. The molecule has 0 aliphatic heterocycles. The van der Waals surface area contributed by atoms with Gasteiger partial charge in [-0.05, 0) is 27.7 Å². The summed E-state index contributed by atoms with van der Waals surface area (Å²) in [7, 11) is 0.750. The predicted molar refractivity (Wildman–Crippen MR) is 77.8 cm³/mol.